The first kappa shape index (κ1) is 9.38. The summed E-state index contributed by atoms with van der Waals surface area (Å²) in [5.74, 6) is 0. The SMILES string of the molecule is C/C=C\SC(C)[C@H](C)Cl. The highest BCUT2D eigenvalue weighted by Crippen LogP contribution is 2.18. The van der Waals surface area contributed by atoms with Gasteiger partial charge in [0.05, 0.1) is 0 Å². The standard InChI is InChI=1S/C7H13ClS/c1-4-5-9-7(3)6(2)8/h4-7H,1-3H3/b5-4-/t6-,7?/m0/s1. The first-order valence-electron chi connectivity index (χ1n) is 3.09. The maximum Gasteiger partial charge on any atom is 0.0427 e. The van der Waals surface area contributed by atoms with Crippen LogP contribution in [0.15, 0.2) is 11.5 Å². The van der Waals surface area contributed by atoms with E-state index in [1.807, 2.05) is 19.9 Å². The molecule has 0 nitrogen and oxygen atoms in total. The van der Waals surface area contributed by atoms with E-state index in [4.69, 9.17) is 11.6 Å². The lowest BCUT2D eigenvalue weighted by Gasteiger charge is -2.08. The van der Waals surface area contributed by atoms with Crippen molar-refractivity contribution in [2.24, 2.45) is 0 Å². The molecule has 0 N–H and O–H groups in total. The fraction of sp³-hybridized carbons (Fsp3) is 0.714. The average Bonchev–Trinajstić information content (AvgIpc) is 1.82. The Morgan fingerprint density at radius 2 is 2.00 bits per heavy atom. The summed E-state index contributed by atoms with van der Waals surface area (Å²) in [7, 11) is 0. The van der Waals surface area contributed by atoms with Gasteiger partial charge in [-0.1, -0.05) is 13.0 Å². The predicted octanol–water partition coefficient (Wildman–Crippen LogP) is 3.27. The Morgan fingerprint density at radius 3 is 2.33 bits per heavy atom. The topological polar surface area (TPSA) is 0 Å². The lowest BCUT2D eigenvalue weighted by molar-refractivity contribution is 0.919. The van der Waals surface area contributed by atoms with Crippen LogP contribution in [-0.2, 0) is 0 Å². The third kappa shape index (κ3) is 4.86. The Balaban J connectivity index is 3.38. The van der Waals surface area contributed by atoms with E-state index in [2.05, 4.69) is 12.3 Å². The van der Waals surface area contributed by atoms with Crippen LogP contribution in [0.25, 0.3) is 0 Å². The molecule has 0 radical (unpaired) electrons. The number of thioether (sulfide) groups is 1. The highest BCUT2D eigenvalue weighted by molar-refractivity contribution is 8.02. The van der Waals surface area contributed by atoms with Crippen molar-refractivity contribution in [3.05, 3.63) is 11.5 Å². The number of hydrogen-bond acceptors (Lipinski definition) is 1. The van der Waals surface area contributed by atoms with Crippen LogP contribution in [0, 0.1) is 0 Å². The van der Waals surface area contributed by atoms with Gasteiger partial charge in [-0.25, -0.2) is 0 Å². The van der Waals surface area contributed by atoms with E-state index in [-0.39, 0.29) is 5.38 Å². The zero-order chi connectivity index (χ0) is 7.28. The molecule has 0 heterocycles. The van der Waals surface area contributed by atoms with Gasteiger partial charge in [-0.2, -0.15) is 0 Å². The molecule has 0 aliphatic rings. The smallest absolute Gasteiger partial charge is 0.0427 e. The molecule has 54 valence electrons. The zero-order valence-corrected chi connectivity index (χ0v) is 7.67. The molecule has 9 heavy (non-hydrogen) atoms. The van der Waals surface area contributed by atoms with E-state index >= 15 is 0 Å². The van der Waals surface area contributed by atoms with E-state index in [9.17, 15) is 0 Å². The fourth-order valence-electron chi connectivity index (χ4n) is 0.311. The second-order valence-corrected chi connectivity index (χ2v) is 3.96. The Labute approximate surface area is 66.7 Å². The molecule has 1 unspecified atom stereocenters. The minimum atomic E-state index is 0.256. The molecule has 0 saturated heterocycles. The molecule has 0 rings (SSSR count). The summed E-state index contributed by atoms with van der Waals surface area (Å²) in [6.45, 7) is 6.16. The van der Waals surface area contributed by atoms with E-state index < -0.39 is 0 Å². The van der Waals surface area contributed by atoms with Crippen molar-refractivity contribution >= 4 is 23.4 Å². The lowest BCUT2D eigenvalue weighted by atomic mass is 10.4. The van der Waals surface area contributed by atoms with Crippen molar-refractivity contribution < 1.29 is 0 Å². The summed E-state index contributed by atoms with van der Waals surface area (Å²) >= 11 is 7.58. The molecular weight excluding hydrogens is 152 g/mol. The van der Waals surface area contributed by atoms with Crippen molar-refractivity contribution in [1.29, 1.82) is 0 Å². The molecule has 0 aromatic rings. The molecule has 0 aliphatic heterocycles. The van der Waals surface area contributed by atoms with Crippen LogP contribution in [-0.4, -0.2) is 10.6 Å². The van der Waals surface area contributed by atoms with Gasteiger partial charge in [-0.05, 0) is 19.3 Å². The molecule has 2 heteroatoms. The molecule has 0 aliphatic carbocycles. The summed E-state index contributed by atoms with van der Waals surface area (Å²) in [6, 6.07) is 0. The maximum atomic E-state index is 5.81. The van der Waals surface area contributed by atoms with Crippen LogP contribution < -0.4 is 0 Å². The Hall–Kier alpha value is 0.380. The number of alkyl halides is 1. The molecule has 0 amide bonds. The van der Waals surface area contributed by atoms with Gasteiger partial charge in [0.2, 0.25) is 0 Å². The third-order valence-corrected chi connectivity index (χ3v) is 2.87. The number of allylic oxidation sites excluding steroid dienone is 1. The van der Waals surface area contributed by atoms with E-state index in [0.717, 1.165) is 0 Å². The molecule has 0 spiro atoms. The van der Waals surface area contributed by atoms with Crippen molar-refractivity contribution in [3.8, 4) is 0 Å². The largest absolute Gasteiger partial charge is 0.130 e. The fourth-order valence-corrected chi connectivity index (χ4v) is 1.11. The summed E-state index contributed by atoms with van der Waals surface area (Å²) < 4.78 is 0. The quantitative estimate of drug-likeness (QED) is 0.577. The van der Waals surface area contributed by atoms with E-state index in [1.54, 1.807) is 11.8 Å². The number of halogens is 1. The van der Waals surface area contributed by atoms with Gasteiger partial charge >= 0.3 is 0 Å². The lowest BCUT2D eigenvalue weighted by Crippen LogP contribution is -2.07. The van der Waals surface area contributed by atoms with Crippen LogP contribution >= 0.6 is 23.4 Å². The van der Waals surface area contributed by atoms with Crippen molar-refractivity contribution in [2.45, 2.75) is 31.4 Å². The van der Waals surface area contributed by atoms with Crippen molar-refractivity contribution in [2.75, 3.05) is 0 Å². The minimum absolute atomic E-state index is 0.256. The van der Waals surface area contributed by atoms with Gasteiger partial charge in [0.1, 0.15) is 0 Å². The van der Waals surface area contributed by atoms with Gasteiger partial charge in [-0.15, -0.1) is 23.4 Å². The van der Waals surface area contributed by atoms with Gasteiger partial charge in [0, 0.05) is 10.6 Å². The maximum absolute atomic E-state index is 5.81. The Morgan fingerprint density at radius 1 is 1.44 bits per heavy atom. The van der Waals surface area contributed by atoms with E-state index in [0.29, 0.717) is 5.25 Å². The molecule has 0 aromatic carbocycles. The number of rotatable bonds is 3. The Bertz CT molecular complexity index is 88.9. The normalized spacial score (nSPS) is 18.2. The first-order valence-corrected chi connectivity index (χ1v) is 4.47. The molecule has 0 fully saturated rings. The van der Waals surface area contributed by atoms with Gasteiger partial charge in [0.15, 0.2) is 0 Å². The van der Waals surface area contributed by atoms with Gasteiger partial charge < -0.3 is 0 Å². The summed E-state index contributed by atoms with van der Waals surface area (Å²) in [4.78, 5) is 0. The van der Waals surface area contributed by atoms with Crippen LogP contribution in [0.1, 0.15) is 20.8 Å². The predicted molar refractivity (Wildman–Crippen MR) is 47.2 cm³/mol. The third-order valence-electron chi connectivity index (χ3n) is 1.08. The van der Waals surface area contributed by atoms with Gasteiger partial charge in [-0.3, -0.25) is 0 Å². The van der Waals surface area contributed by atoms with Crippen molar-refractivity contribution in [3.63, 3.8) is 0 Å². The summed E-state index contributed by atoms with van der Waals surface area (Å²) in [6.07, 6.45) is 2.03. The monoisotopic (exact) mass is 164 g/mol. The molecular formula is C7H13ClS. The van der Waals surface area contributed by atoms with Crippen molar-refractivity contribution in [1.82, 2.24) is 0 Å². The molecule has 0 bridgehead atoms. The molecule has 0 saturated carbocycles. The van der Waals surface area contributed by atoms with Crippen LogP contribution in [0.3, 0.4) is 0 Å². The molecule has 0 aromatic heterocycles. The van der Waals surface area contributed by atoms with Crippen LogP contribution in [0.2, 0.25) is 0 Å². The minimum Gasteiger partial charge on any atom is -0.130 e. The average molecular weight is 165 g/mol. The van der Waals surface area contributed by atoms with Crippen LogP contribution in [0.5, 0.6) is 0 Å². The highest BCUT2D eigenvalue weighted by Gasteiger charge is 2.05. The Kier molecular flexibility index (Phi) is 5.41. The van der Waals surface area contributed by atoms with Crippen LogP contribution in [0.4, 0.5) is 0 Å². The number of hydrogen-bond donors (Lipinski definition) is 0. The van der Waals surface area contributed by atoms with Gasteiger partial charge in [0.25, 0.3) is 0 Å². The highest BCUT2D eigenvalue weighted by atomic mass is 35.5. The zero-order valence-electron chi connectivity index (χ0n) is 6.10. The molecule has 2 atom stereocenters. The summed E-state index contributed by atoms with van der Waals surface area (Å²) in [5.41, 5.74) is 0. The van der Waals surface area contributed by atoms with E-state index in [1.165, 1.54) is 0 Å². The second kappa shape index (κ2) is 5.19. The second-order valence-electron chi connectivity index (χ2n) is 1.99. The summed E-state index contributed by atoms with van der Waals surface area (Å²) in [5, 5.41) is 2.85. The first-order chi connectivity index (χ1) is 4.18.